The highest BCUT2D eigenvalue weighted by atomic mass is 32.2. The van der Waals surface area contributed by atoms with Crippen LogP contribution >= 0.6 is 11.8 Å². The number of ether oxygens (including phenoxy) is 4. The normalized spacial score (nSPS) is 18.8. The van der Waals surface area contributed by atoms with Gasteiger partial charge in [0, 0.05) is 37.5 Å². The van der Waals surface area contributed by atoms with Gasteiger partial charge in [-0.3, -0.25) is 9.69 Å². The van der Waals surface area contributed by atoms with Gasteiger partial charge in [0.15, 0.2) is 16.7 Å². The maximum atomic E-state index is 12.9. The van der Waals surface area contributed by atoms with Crippen molar-refractivity contribution < 1.29 is 23.7 Å². The molecule has 2 fully saturated rings. The summed E-state index contributed by atoms with van der Waals surface area (Å²) in [6, 6.07) is 11.6. The van der Waals surface area contributed by atoms with Crippen LogP contribution in [0, 0.1) is 0 Å². The molecule has 174 valence electrons. The van der Waals surface area contributed by atoms with E-state index >= 15 is 0 Å². The quantitative estimate of drug-likeness (QED) is 0.596. The van der Waals surface area contributed by atoms with Crippen molar-refractivity contribution in [2.75, 3.05) is 59.6 Å². The largest absolute Gasteiger partial charge is 0.496 e. The molecule has 0 N–H and O–H groups in total. The third-order valence-electron chi connectivity index (χ3n) is 5.48. The molecule has 0 bridgehead atoms. The number of benzene rings is 2. The molecule has 2 aliphatic rings. The molecular weight excluding hydrogens is 442 g/mol. The molecule has 2 heterocycles. The van der Waals surface area contributed by atoms with E-state index < -0.39 is 0 Å². The number of anilines is 1. The number of thioether (sulfide) groups is 1. The van der Waals surface area contributed by atoms with Gasteiger partial charge in [0.1, 0.15) is 5.75 Å². The van der Waals surface area contributed by atoms with Crippen molar-refractivity contribution in [2.24, 2.45) is 4.99 Å². The fourth-order valence-electron chi connectivity index (χ4n) is 3.63. The molecule has 9 heteroatoms. The second kappa shape index (κ2) is 10.2. The van der Waals surface area contributed by atoms with Crippen LogP contribution < -0.4 is 19.1 Å². The van der Waals surface area contributed by atoms with E-state index in [1.807, 2.05) is 12.1 Å². The summed E-state index contributed by atoms with van der Waals surface area (Å²) >= 11 is 1.32. The Bertz CT molecular complexity index is 1080. The zero-order valence-corrected chi connectivity index (χ0v) is 20.0. The van der Waals surface area contributed by atoms with Crippen LogP contribution in [0.3, 0.4) is 0 Å². The van der Waals surface area contributed by atoms with Crippen LogP contribution in [-0.2, 0) is 9.53 Å². The third kappa shape index (κ3) is 4.94. The molecule has 2 aromatic carbocycles. The lowest BCUT2D eigenvalue weighted by molar-refractivity contribution is -0.121. The number of nitrogens with zero attached hydrogens (tertiary/aromatic N) is 3. The summed E-state index contributed by atoms with van der Waals surface area (Å²) < 4.78 is 21.6. The Morgan fingerprint density at radius 2 is 1.61 bits per heavy atom. The molecule has 4 rings (SSSR count). The Morgan fingerprint density at radius 1 is 0.970 bits per heavy atom. The monoisotopic (exact) mass is 469 g/mol. The summed E-state index contributed by atoms with van der Waals surface area (Å²) in [5.41, 5.74) is 2.65. The first-order valence-electron chi connectivity index (χ1n) is 10.5. The van der Waals surface area contributed by atoms with E-state index in [-0.39, 0.29) is 5.91 Å². The van der Waals surface area contributed by atoms with Gasteiger partial charge >= 0.3 is 0 Å². The molecule has 0 radical (unpaired) electrons. The summed E-state index contributed by atoms with van der Waals surface area (Å²) in [7, 11) is 6.44. The molecule has 0 atom stereocenters. The van der Waals surface area contributed by atoms with Gasteiger partial charge in [-0.1, -0.05) is 0 Å². The number of methoxy groups -OCH3 is 3. The summed E-state index contributed by atoms with van der Waals surface area (Å²) in [4.78, 5) is 22.0. The highest BCUT2D eigenvalue weighted by Crippen LogP contribution is 2.39. The van der Waals surface area contributed by atoms with Gasteiger partial charge in [0.05, 0.1) is 45.1 Å². The smallest absolute Gasteiger partial charge is 0.266 e. The number of rotatable bonds is 6. The Balaban J connectivity index is 1.57. The first-order valence-corrected chi connectivity index (χ1v) is 11.3. The van der Waals surface area contributed by atoms with E-state index in [4.69, 9.17) is 23.9 Å². The maximum absolute atomic E-state index is 12.9. The topological polar surface area (TPSA) is 72.8 Å². The molecule has 8 nitrogen and oxygen atoms in total. The Labute approximate surface area is 197 Å². The van der Waals surface area contributed by atoms with E-state index in [1.165, 1.54) is 11.8 Å². The minimum absolute atomic E-state index is 0.125. The van der Waals surface area contributed by atoms with Crippen LogP contribution in [0.15, 0.2) is 46.3 Å². The number of amidine groups is 1. The van der Waals surface area contributed by atoms with Crippen LogP contribution in [0.5, 0.6) is 17.2 Å². The predicted octanol–water partition coefficient (Wildman–Crippen LogP) is 3.78. The average Bonchev–Trinajstić information content (AvgIpc) is 3.12. The fraction of sp³-hybridized carbons (Fsp3) is 0.333. The second-order valence-corrected chi connectivity index (χ2v) is 8.44. The van der Waals surface area contributed by atoms with Crippen LogP contribution in [0.2, 0.25) is 0 Å². The van der Waals surface area contributed by atoms with Crippen LogP contribution in [-0.4, -0.2) is 70.7 Å². The molecule has 0 aromatic heterocycles. The van der Waals surface area contributed by atoms with Crippen LogP contribution in [0.4, 0.5) is 11.4 Å². The number of morpholine rings is 1. The summed E-state index contributed by atoms with van der Waals surface area (Å²) in [5.74, 6) is 1.57. The van der Waals surface area contributed by atoms with Crippen molar-refractivity contribution in [3.8, 4) is 17.2 Å². The van der Waals surface area contributed by atoms with Crippen LogP contribution in [0.1, 0.15) is 5.56 Å². The zero-order valence-electron chi connectivity index (χ0n) is 19.2. The van der Waals surface area contributed by atoms with Crippen molar-refractivity contribution >= 4 is 40.3 Å². The van der Waals surface area contributed by atoms with Crippen molar-refractivity contribution in [1.29, 1.82) is 0 Å². The van der Waals surface area contributed by atoms with Crippen molar-refractivity contribution in [2.45, 2.75) is 0 Å². The highest BCUT2D eigenvalue weighted by molar-refractivity contribution is 8.18. The van der Waals surface area contributed by atoms with E-state index in [1.54, 1.807) is 51.5 Å². The first kappa shape index (κ1) is 23.0. The standard InChI is InChI=1S/C24H27N3O5S/c1-26-23(28)22(14-16-13-20(30-3)21(31-4)15-19(16)29-2)33-24(26)25-17-5-7-18(8-6-17)27-9-11-32-12-10-27/h5-8,13-15H,9-12H2,1-4H3. The molecule has 1 amide bonds. The van der Waals surface area contributed by atoms with Gasteiger partial charge in [0.2, 0.25) is 0 Å². The number of aliphatic imine (C=N–C) groups is 1. The van der Waals surface area contributed by atoms with Gasteiger partial charge in [-0.25, -0.2) is 4.99 Å². The molecule has 2 aromatic rings. The van der Waals surface area contributed by atoms with Gasteiger partial charge < -0.3 is 23.8 Å². The van der Waals surface area contributed by atoms with E-state index in [2.05, 4.69) is 17.0 Å². The lowest BCUT2D eigenvalue weighted by atomic mass is 10.1. The molecule has 33 heavy (non-hydrogen) atoms. The van der Waals surface area contributed by atoms with E-state index in [9.17, 15) is 4.79 Å². The molecule has 0 aliphatic carbocycles. The number of likely N-dealkylation sites (N-methyl/N-ethyl adjacent to an activating group) is 1. The van der Waals surface area contributed by atoms with Crippen LogP contribution in [0.25, 0.3) is 6.08 Å². The zero-order chi connectivity index (χ0) is 23.4. The SMILES string of the molecule is COc1cc(OC)c(OC)cc1C=C1SC(=Nc2ccc(N3CCOCC3)cc2)N(C)C1=O. The van der Waals surface area contributed by atoms with E-state index in [0.29, 0.717) is 27.3 Å². The van der Waals surface area contributed by atoms with Gasteiger partial charge in [-0.15, -0.1) is 0 Å². The Kier molecular flexibility index (Phi) is 7.10. The molecule has 2 saturated heterocycles. The van der Waals surface area contributed by atoms with E-state index in [0.717, 1.165) is 43.2 Å². The Morgan fingerprint density at radius 3 is 2.24 bits per heavy atom. The average molecular weight is 470 g/mol. The van der Waals surface area contributed by atoms with Gasteiger partial charge in [-0.05, 0) is 48.2 Å². The molecule has 0 unspecified atom stereocenters. The Hall–Kier alpha value is -3.17. The lowest BCUT2D eigenvalue weighted by Crippen LogP contribution is -2.36. The second-order valence-electron chi connectivity index (χ2n) is 7.43. The van der Waals surface area contributed by atoms with Crippen molar-refractivity contribution in [3.63, 3.8) is 0 Å². The number of hydrogen-bond acceptors (Lipinski definition) is 8. The molecule has 0 saturated carbocycles. The van der Waals surface area contributed by atoms with Crippen molar-refractivity contribution in [1.82, 2.24) is 4.90 Å². The van der Waals surface area contributed by atoms with Gasteiger partial charge in [-0.2, -0.15) is 0 Å². The summed E-state index contributed by atoms with van der Waals surface area (Å²) in [6.45, 7) is 3.25. The number of hydrogen-bond donors (Lipinski definition) is 0. The number of carbonyl (C=O) groups excluding carboxylic acids is 1. The molecule has 0 spiro atoms. The third-order valence-corrected chi connectivity index (χ3v) is 6.54. The number of amides is 1. The maximum Gasteiger partial charge on any atom is 0.266 e. The predicted molar refractivity (Wildman–Crippen MR) is 131 cm³/mol. The van der Waals surface area contributed by atoms with Crippen molar-refractivity contribution in [3.05, 3.63) is 46.9 Å². The fourth-order valence-corrected chi connectivity index (χ4v) is 4.61. The molecule has 2 aliphatic heterocycles. The first-order chi connectivity index (χ1) is 16.0. The number of carbonyl (C=O) groups is 1. The summed E-state index contributed by atoms with van der Waals surface area (Å²) in [5, 5.41) is 0.616. The lowest BCUT2D eigenvalue weighted by Gasteiger charge is -2.28. The highest BCUT2D eigenvalue weighted by Gasteiger charge is 2.31. The minimum Gasteiger partial charge on any atom is -0.496 e. The minimum atomic E-state index is -0.125. The van der Waals surface area contributed by atoms with Gasteiger partial charge in [0.25, 0.3) is 5.91 Å². The summed E-state index contributed by atoms with van der Waals surface area (Å²) in [6.07, 6.45) is 1.79. The molecular formula is C24H27N3O5S.